The second-order valence-corrected chi connectivity index (χ2v) is 4.79. The number of alkyl halides is 1. The zero-order chi connectivity index (χ0) is 11.5. The second kappa shape index (κ2) is 4.98. The summed E-state index contributed by atoms with van der Waals surface area (Å²) in [4.78, 5) is 0. The third-order valence-corrected chi connectivity index (χ3v) is 3.13. The number of hydrogen-bond donors (Lipinski definition) is 0. The monoisotopic (exact) mass is 298 g/mol. The summed E-state index contributed by atoms with van der Waals surface area (Å²) in [7, 11) is 0. The van der Waals surface area contributed by atoms with Crippen molar-refractivity contribution >= 4 is 27.5 Å². The molecule has 2 rings (SSSR count). The van der Waals surface area contributed by atoms with Crippen molar-refractivity contribution in [2.45, 2.75) is 6.67 Å². The summed E-state index contributed by atoms with van der Waals surface area (Å²) >= 11 is 9.20. The summed E-state index contributed by atoms with van der Waals surface area (Å²) < 4.78 is 13.9. The van der Waals surface area contributed by atoms with Crippen LogP contribution in [0.5, 0.6) is 0 Å². The molecule has 0 fully saturated rings. The van der Waals surface area contributed by atoms with Crippen molar-refractivity contribution in [2.24, 2.45) is 0 Å². The van der Waals surface area contributed by atoms with Gasteiger partial charge in [0.15, 0.2) is 0 Å². The average molecular weight is 300 g/mol. The largest absolute Gasteiger partial charge is 0.246 e. The van der Waals surface area contributed by atoms with Gasteiger partial charge >= 0.3 is 0 Å². The van der Waals surface area contributed by atoms with E-state index in [2.05, 4.69) is 15.9 Å². The second-order valence-electron chi connectivity index (χ2n) is 3.44. The van der Waals surface area contributed by atoms with Gasteiger partial charge in [0.1, 0.15) is 6.67 Å². The van der Waals surface area contributed by atoms with Gasteiger partial charge in [-0.2, -0.15) is 0 Å². The van der Waals surface area contributed by atoms with Gasteiger partial charge in [-0.1, -0.05) is 45.7 Å². The summed E-state index contributed by atoms with van der Waals surface area (Å²) in [5, 5.41) is 0.563. The number of rotatable bonds is 2. The van der Waals surface area contributed by atoms with Crippen molar-refractivity contribution in [2.75, 3.05) is 0 Å². The van der Waals surface area contributed by atoms with Gasteiger partial charge in [0.25, 0.3) is 0 Å². The average Bonchev–Trinajstić information content (AvgIpc) is 2.30. The predicted molar refractivity (Wildman–Crippen MR) is 69.4 cm³/mol. The van der Waals surface area contributed by atoms with Gasteiger partial charge in [0.05, 0.1) is 0 Å². The smallest absolute Gasteiger partial charge is 0.115 e. The molecule has 0 heterocycles. The van der Waals surface area contributed by atoms with Crippen molar-refractivity contribution in [3.05, 3.63) is 57.5 Å². The van der Waals surface area contributed by atoms with Crippen molar-refractivity contribution in [3.8, 4) is 11.1 Å². The van der Waals surface area contributed by atoms with Crippen LogP contribution < -0.4 is 0 Å². The van der Waals surface area contributed by atoms with Crippen LogP contribution in [0.4, 0.5) is 4.39 Å². The molecule has 0 bridgehead atoms. The first-order valence-corrected chi connectivity index (χ1v) is 5.98. The molecule has 0 unspecified atom stereocenters. The van der Waals surface area contributed by atoms with Crippen molar-refractivity contribution in [1.82, 2.24) is 0 Å². The van der Waals surface area contributed by atoms with Gasteiger partial charge in [-0.05, 0) is 41.0 Å². The molecule has 0 saturated heterocycles. The fourth-order valence-corrected chi connectivity index (χ4v) is 2.04. The van der Waals surface area contributed by atoms with Crippen molar-refractivity contribution in [1.29, 1.82) is 0 Å². The maximum atomic E-state index is 12.9. The molecule has 2 aromatic rings. The lowest BCUT2D eigenvalue weighted by Gasteiger charge is -2.07. The Balaban J connectivity index is 2.51. The highest BCUT2D eigenvalue weighted by atomic mass is 79.9. The van der Waals surface area contributed by atoms with Gasteiger partial charge in [0, 0.05) is 9.50 Å². The molecule has 0 aromatic heterocycles. The van der Waals surface area contributed by atoms with Crippen LogP contribution in [-0.4, -0.2) is 0 Å². The Kier molecular flexibility index (Phi) is 3.62. The molecule has 82 valence electrons. The van der Waals surface area contributed by atoms with E-state index < -0.39 is 6.67 Å². The van der Waals surface area contributed by atoms with E-state index in [1.165, 1.54) is 0 Å². The molecule has 0 N–H and O–H groups in total. The molecule has 0 spiro atoms. The normalized spacial score (nSPS) is 10.4. The van der Waals surface area contributed by atoms with Crippen molar-refractivity contribution < 1.29 is 4.39 Å². The molecular weight excluding hydrogens is 290 g/mol. The van der Waals surface area contributed by atoms with E-state index in [0.29, 0.717) is 10.6 Å². The molecule has 0 nitrogen and oxygen atoms in total. The van der Waals surface area contributed by atoms with E-state index in [-0.39, 0.29) is 0 Å². The number of benzene rings is 2. The van der Waals surface area contributed by atoms with Crippen LogP contribution in [0.3, 0.4) is 0 Å². The van der Waals surface area contributed by atoms with Crippen LogP contribution >= 0.6 is 27.5 Å². The van der Waals surface area contributed by atoms with Gasteiger partial charge in [-0.25, -0.2) is 4.39 Å². The molecule has 2 aromatic carbocycles. The van der Waals surface area contributed by atoms with Gasteiger partial charge < -0.3 is 0 Å². The Morgan fingerprint density at radius 2 is 1.75 bits per heavy atom. The molecule has 3 heteroatoms. The first-order valence-electron chi connectivity index (χ1n) is 4.81. The molecule has 0 atom stereocenters. The van der Waals surface area contributed by atoms with E-state index in [9.17, 15) is 4.39 Å². The van der Waals surface area contributed by atoms with Crippen LogP contribution in [0.15, 0.2) is 46.9 Å². The topological polar surface area (TPSA) is 0 Å². The van der Waals surface area contributed by atoms with Crippen LogP contribution in [-0.2, 0) is 6.67 Å². The number of hydrogen-bond acceptors (Lipinski definition) is 0. The van der Waals surface area contributed by atoms with E-state index in [1.54, 1.807) is 12.1 Å². The van der Waals surface area contributed by atoms with Crippen LogP contribution in [0.2, 0.25) is 5.02 Å². The van der Waals surface area contributed by atoms with E-state index in [0.717, 1.165) is 15.6 Å². The molecule has 0 aliphatic heterocycles. The van der Waals surface area contributed by atoms with Crippen LogP contribution in [0, 0.1) is 0 Å². The van der Waals surface area contributed by atoms with Crippen molar-refractivity contribution in [3.63, 3.8) is 0 Å². The van der Waals surface area contributed by atoms with Crippen LogP contribution in [0.1, 0.15) is 5.56 Å². The Morgan fingerprint density at radius 1 is 1.06 bits per heavy atom. The summed E-state index contributed by atoms with van der Waals surface area (Å²) in [6.07, 6.45) is 0. The van der Waals surface area contributed by atoms with E-state index in [1.807, 2.05) is 30.3 Å². The maximum Gasteiger partial charge on any atom is 0.115 e. The first-order chi connectivity index (χ1) is 7.70. The Hall–Kier alpha value is -0.860. The lowest BCUT2D eigenvalue weighted by Crippen LogP contribution is -1.86. The number of halogens is 3. The quantitative estimate of drug-likeness (QED) is 0.711. The molecule has 0 amide bonds. The van der Waals surface area contributed by atoms with Gasteiger partial charge in [0.2, 0.25) is 0 Å². The minimum Gasteiger partial charge on any atom is -0.246 e. The maximum absolute atomic E-state index is 12.9. The fraction of sp³-hybridized carbons (Fsp3) is 0.0769. The zero-order valence-electron chi connectivity index (χ0n) is 8.38. The van der Waals surface area contributed by atoms with Gasteiger partial charge in [-0.15, -0.1) is 0 Å². The first kappa shape index (κ1) is 11.6. The molecule has 0 aliphatic rings. The minimum absolute atomic E-state index is 0.508. The zero-order valence-corrected chi connectivity index (χ0v) is 10.7. The third kappa shape index (κ3) is 2.45. The lowest BCUT2D eigenvalue weighted by molar-refractivity contribution is 0.486. The highest BCUT2D eigenvalue weighted by molar-refractivity contribution is 9.10. The third-order valence-electron chi connectivity index (χ3n) is 2.37. The van der Waals surface area contributed by atoms with E-state index >= 15 is 0 Å². The molecule has 0 aliphatic carbocycles. The Morgan fingerprint density at radius 3 is 2.38 bits per heavy atom. The highest BCUT2D eigenvalue weighted by Crippen LogP contribution is 2.28. The van der Waals surface area contributed by atoms with Gasteiger partial charge in [-0.3, -0.25) is 0 Å². The SMILES string of the molecule is FCc1cc(Cl)ccc1-c1ccc(Br)cc1. The fourth-order valence-electron chi connectivity index (χ4n) is 1.58. The molecule has 16 heavy (non-hydrogen) atoms. The van der Waals surface area contributed by atoms with E-state index in [4.69, 9.17) is 11.6 Å². The Bertz CT molecular complexity index is 494. The molecule has 0 radical (unpaired) electrons. The Labute approximate surface area is 107 Å². The predicted octanol–water partition coefficient (Wildman–Crippen LogP) is 5.24. The minimum atomic E-state index is -0.508. The highest BCUT2D eigenvalue weighted by Gasteiger charge is 2.05. The standard InChI is InChI=1S/C13H9BrClF/c14-11-3-1-9(2-4-11)13-6-5-12(15)7-10(13)8-16/h1-7H,8H2. The summed E-state index contributed by atoms with van der Waals surface area (Å²) in [5.41, 5.74) is 2.50. The summed E-state index contributed by atoms with van der Waals surface area (Å²) in [6, 6.07) is 13.1. The summed E-state index contributed by atoms with van der Waals surface area (Å²) in [5.74, 6) is 0. The summed E-state index contributed by atoms with van der Waals surface area (Å²) in [6.45, 7) is -0.508. The molecular formula is C13H9BrClF. The van der Waals surface area contributed by atoms with Crippen LogP contribution in [0.25, 0.3) is 11.1 Å². The lowest BCUT2D eigenvalue weighted by atomic mass is 10.0. The molecule has 0 saturated carbocycles.